The average Bonchev–Trinajstić information content (AvgIpc) is 2.69. The number of morpholine rings is 1. The number of nitrogens with one attached hydrogen (secondary N) is 2. The smallest absolute Gasteiger partial charge is 0.228 e. The molecular weight excluding hydrogens is 334 g/mol. The van der Waals surface area contributed by atoms with Gasteiger partial charge < -0.3 is 25.8 Å². The normalized spacial score (nSPS) is 17.2. The maximum absolute atomic E-state index is 6.02. The molecule has 1 saturated heterocycles. The average molecular weight is 353 g/mol. The van der Waals surface area contributed by atoms with Crippen LogP contribution in [-0.2, 0) is 4.74 Å². The van der Waals surface area contributed by atoms with Crippen LogP contribution in [-0.4, -0.2) is 46.7 Å². The SMILES string of the molecule is COc1cc2ncnc(Nc3nccc(C4CNCCO4)n3)c2cc1N. The van der Waals surface area contributed by atoms with Gasteiger partial charge in [-0.2, -0.15) is 0 Å². The summed E-state index contributed by atoms with van der Waals surface area (Å²) in [6.45, 7) is 2.24. The Kier molecular flexibility index (Phi) is 4.46. The van der Waals surface area contributed by atoms with E-state index in [-0.39, 0.29) is 6.10 Å². The summed E-state index contributed by atoms with van der Waals surface area (Å²) >= 11 is 0. The molecule has 0 saturated carbocycles. The van der Waals surface area contributed by atoms with E-state index in [2.05, 4.69) is 30.6 Å². The maximum Gasteiger partial charge on any atom is 0.228 e. The second-order valence-corrected chi connectivity index (χ2v) is 5.83. The number of nitrogens with zero attached hydrogens (tertiary/aromatic N) is 4. The van der Waals surface area contributed by atoms with E-state index in [0.717, 1.165) is 24.2 Å². The van der Waals surface area contributed by atoms with Gasteiger partial charge in [-0.15, -0.1) is 0 Å². The van der Waals surface area contributed by atoms with Gasteiger partial charge >= 0.3 is 0 Å². The molecule has 1 aromatic carbocycles. The van der Waals surface area contributed by atoms with Gasteiger partial charge in [0.25, 0.3) is 0 Å². The first-order valence-electron chi connectivity index (χ1n) is 8.25. The zero-order valence-corrected chi connectivity index (χ0v) is 14.3. The molecular formula is C17H19N7O2. The van der Waals surface area contributed by atoms with Crippen molar-refractivity contribution in [2.75, 3.05) is 37.9 Å². The van der Waals surface area contributed by atoms with Crippen LogP contribution in [0.25, 0.3) is 10.9 Å². The van der Waals surface area contributed by atoms with Gasteiger partial charge in [0.05, 0.1) is 30.6 Å². The number of aromatic nitrogens is 4. The first-order valence-corrected chi connectivity index (χ1v) is 8.25. The van der Waals surface area contributed by atoms with E-state index in [0.29, 0.717) is 35.3 Å². The molecule has 0 spiro atoms. The van der Waals surface area contributed by atoms with Crippen LogP contribution < -0.4 is 21.1 Å². The van der Waals surface area contributed by atoms with E-state index < -0.39 is 0 Å². The Labute approximate surface area is 150 Å². The van der Waals surface area contributed by atoms with Crippen molar-refractivity contribution < 1.29 is 9.47 Å². The summed E-state index contributed by atoms with van der Waals surface area (Å²) in [6.07, 6.45) is 3.08. The molecule has 2 aromatic heterocycles. The number of methoxy groups -OCH3 is 1. The molecule has 26 heavy (non-hydrogen) atoms. The fourth-order valence-electron chi connectivity index (χ4n) is 2.85. The second kappa shape index (κ2) is 7.06. The van der Waals surface area contributed by atoms with Crippen molar-refractivity contribution in [1.29, 1.82) is 0 Å². The van der Waals surface area contributed by atoms with Crippen LogP contribution in [0.15, 0.2) is 30.7 Å². The van der Waals surface area contributed by atoms with E-state index in [1.54, 1.807) is 25.4 Å². The standard InChI is InChI=1S/C17H19N7O2/c1-25-14-7-13-10(6-11(14)18)16(22-9-21-13)24-17-20-3-2-12(23-17)15-8-19-4-5-26-15/h2-3,6-7,9,15,19H,4-5,8,18H2,1H3,(H,20,21,22,23,24). The summed E-state index contributed by atoms with van der Waals surface area (Å²) in [7, 11) is 1.57. The minimum absolute atomic E-state index is 0.0886. The molecule has 3 heterocycles. The third-order valence-electron chi connectivity index (χ3n) is 4.15. The summed E-state index contributed by atoms with van der Waals surface area (Å²) in [6, 6.07) is 5.40. The van der Waals surface area contributed by atoms with Gasteiger partial charge in [-0.3, -0.25) is 0 Å². The van der Waals surface area contributed by atoms with Crippen LogP contribution in [0.2, 0.25) is 0 Å². The van der Waals surface area contributed by atoms with Crippen LogP contribution >= 0.6 is 0 Å². The third-order valence-corrected chi connectivity index (χ3v) is 4.15. The van der Waals surface area contributed by atoms with Crippen molar-refractivity contribution in [3.63, 3.8) is 0 Å². The zero-order chi connectivity index (χ0) is 17.9. The highest BCUT2D eigenvalue weighted by Crippen LogP contribution is 2.30. The monoisotopic (exact) mass is 353 g/mol. The Balaban J connectivity index is 1.66. The fourth-order valence-corrected chi connectivity index (χ4v) is 2.85. The van der Waals surface area contributed by atoms with E-state index >= 15 is 0 Å². The van der Waals surface area contributed by atoms with Gasteiger partial charge in [0.2, 0.25) is 5.95 Å². The Morgan fingerprint density at radius 1 is 1.31 bits per heavy atom. The van der Waals surface area contributed by atoms with Gasteiger partial charge in [0, 0.05) is 30.7 Å². The molecule has 1 fully saturated rings. The summed E-state index contributed by atoms with van der Waals surface area (Å²) in [5.41, 5.74) is 8.05. The molecule has 134 valence electrons. The van der Waals surface area contributed by atoms with Gasteiger partial charge in [-0.25, -0.2) is 19.9 Å². The molecule has 3 aromatic rings. The highest BCUT2D eigenvalue weighted by molar-refractivity contribution is 5.94. The molecule has 4 rings (SSSR count). The van der Waals surface area contributed by atoms with E-state index in [9.17, 15) is 0 Å². The van der Waals surface area contributed by atoms with Gasteiger partial charge in [0.15, 0.2) is 0 Å². The summed E-state index contributed by atoms with van der Waals surface area (Å²) < 4.78 is 11.0. The molecule has 0 aliphatic carbocycles. The number of benzene rings is 1. The van der Waals surface area contributed by atoms with Crippen LogP contribution in [0.3, 0.4) is 0 Å². The Morgan fingerprint density at radius 3 is 3.04 bits per heavy atom. The Hall–Kier alpha value is -3.04. The highest BCUT2D eigenvalue weighted by Gasteiger charge is 2.18. The topological polar surface area (TPSA) is 120 Å². The van der Waals surface area contributed by atoms with Crippen molar-refractivity contribution in [2.45, 2.75) is 6.10 Å². The molecule has 0 amide bonds. The molecule has 9 nitrogen and oxygen atoms in total. The minimum Gasteiger partial charge on any atom is -0.495 e. The predicted molar refractivity (Wildman–Crippen MR) is 97.4 cm³/mol. The minimum atomic E-state index is -0.0886. The summed E-state index contributed by atoms with van der Waals surface area (Å²) in [5.74, 6) is 1.58. The van der Waals surface area contributed by atoms with Crippen molar-refractivity contribution in [2.24, 2.45) is 0 Å². The van der Waals surface area contributed by atoms with E-state index in [4.69, 9.17) is 15.2 Å². The number of hydrogen-bond donors (Lipinski definition) is 3. The molecule has 0 bridgehead atoms. The Morgan fingerprint density at radius 2 is 2.23 bits per heavy atom. The van der Waals surface area contributed by atoms with Crippen LogP contribution in [0.5, 0.6) is 5.75 Å². The predicted octanol–water partition coefficient (Wildman–Crippen LogP) is 1.42. The van der Waals surface area contributed by atoms with Crippen molar-refractivity contribution in [3.8, 4) is 5.75 Å². The van der Waals surface area contributed by atoms with Crippen LogP contribution in [0, 0.1) is 0 Å². The molecule has 1 unspecified atom stereocenters. The largest absolute Gasteiger partial charge is 0.495 e. The number of fused-ring (bicyclic) bond motifs is 1. The lowest BCUT2D eigenvalue weighted by Crippen LogP contribution is -2.33. The van der Waals surface area contributed by atoms with Crippen LogP contribution in [0.1, 0.15) is 11.8 Å². The summed E-state index contributed by atoms with van der Waals surface area (Å²) in [4.78, 5) is 17.4. The van der Waals surface area contributed by atoms with Crippen LogP contribution in [0.4, 0.5) is 17.5 Å². The molecule has 0 radical (unpaired) electrons. The summed E-state index contributed by atoms with van der Waals surface area (Å²) in [5, 5.41) is 7.20. The van der Waals surface area contributed by atoms with Gasteiger partial charge in [0.1, 0.15) is 24.0 Å². The van der Waals surface area contributed by atoms with Crippen molar-refractivity contribution in [3.05, 3.63) is 36.4 Å². The van der Waals surface area contributed by atoms with Gasteiger partial charge in [-0.1, -0.05) is 0 Å². The van der Waals surface area contributed by atoms with Gasteiger partial charge in [-0.05, 0) is 12.1 Å². The van der Waals surface area contributed by atoms with Crippen molar-refractivity contribution >= 4 is 28.4 Å². The zero-order valence-electron chi connectivity index (χ0n) is 14.3. The lowest BCUT2D eigenvalue weighted by molar-refractivity contribution is 0.0250. The van der Waals surface area contributed by atoms with E-state index in [1.807, 2.05) is 6.07 Å². The fraction of sp³-hybridized carbons (Fsp3) is 0.294. The number of ether oxygens (including phenoxy) is 2. The highest BCUT2D eigenvalue weighted by atomic mass is 16.5. The third kappa shape index (κ3) is 3.22. The molecule has 1 aliphatic rings. The molecule has 4 N–H and O–H groups in total. The quantitative estimate of drug-likeness (QED) is 0.598. The van der Waals surface area contributed by atoms with E-state index in [1.165, 1.54) is 6.33 Å². The number of anilines is 3. The molecule has 9 heteroatoms. The van der Waals surface area contributed by atoms with Crippen molar-refractivity contribution in [1.82, 2.24) is 25.3 Å². The number of nitrogen functional groups attached to an aromatic ring is 1. The molecule has 1 aliphatic heterocycles. The first-order chi connectivity index (χ1) is 12.7. The lowest BCUT2D eigenvalue weighted by atomic mass is 10.2. The molecule has 1 atom stereocenters. The first kappa shape index (κ1) is 16.4. The maximum atomic E-state index is 6.02. The lowest BCUT2D eigenvalue weighted by Gasteiger charge is -2.23. The number of rotatable bonds is 4. The number of nitrogens with two attached hydrogens (primary N) is 1. The number of hydrogen-bond acceptors (Lipinski definition) is 9. The Bertz CT molecular complexity index is 928. The second-order valence-electron chi connectivity index (χ2n) is 5.83.